The Hall–Kier alpha value is -2.61. The van der Waals surface area contributed by atoms with Crippen LogP contribution in [0.15, 0.2) is 52.7 Å². The molecule has 1 heterocycles. The average molecular weight is 414 g/mol. The maximum atomic E-state index is 14.2. The molecule has 1 N–H and O–H groups in total. The van der Waals surface area contributed by atoms with Crippen LogP contribution in [0.1, 0.15) is 12.5 Å². The molecular weight excluding hydrogens is 398 g/mol. The van der Waals surface area contributed by atoms with Crippen LogP contribution >= 0.6 is 11.6 Å². The first kappa shape index (κ1) is 20.1. The monoisotopic (exact) mass is 413 g/mol. The van der Waals surface area contributed by atoms with Crippen molar-refractivity contribution in [3.05, 3.63) is 74.7 Å². The molecule has 28 heavy (non-hydrogen) atoms. The van der Waals surface area contributed by atoms with Crippen molar-refractivity contribution in [2.24, 2.45) is 0 Å². The van der Waals surface area contributed by atoms with E-state index < -0.39 is 29.0 Å². The average Bonchev–Trinajstić information content (AvgIpc) is 2.59. The number of benzene rings is 1. The lowest BCUT2D eigenvalue weighted by atomic mass is 9.92. The minimum absolute atomic E-state index is 0.0468. The van der Waals surface area contributed by atoms with E-state index in [0.717, 1.165) is 30.8 Å². The van der Waals surface area contributed by atoms with Crippen molar-refractivity contribution >= 4 is 23.2 Å². The predicted molar refractivity (Wildman–Crippen MR) is 99.6 cm³/mol. The second-order valence-electron chi connectivity index (χ2n) is 6.69. The highest BCUT2D eigenvalue weighted by Crippen LogP contribution is 2.34. The normalized spacial score (nSPS) is 21.9. The number of hydrogen-bond donors (Lipinski definition) is 1. The quantitative estimate of drug-likeness (QED) is 0.722. The fraction of sp³-hybridized carbons (Fsp3) is 0.263. The summed E-state index contributed by atoms with van der Waals surface area (Å²) in [5.74, 6) is -2.44. The van der Waals surface area contributed by atoms with Gasteiger partial charge in [0.1, 0.15) is 5.83 Å². The first-order valence-electron chi connectivity index (χ1n) is 8.29. The van der Waals surface area contributed by atoms with E-state index in [4.69, 9.17) is 11.6 Å². The van der Waals surface area contributed by atoms with Gasteiger partial charge in [-0.1, -0.05) is 11.6 Å². The molecule has 0 saturated heterocycles. The number of aryl methyl sites for hydroxylation is 1. The summed E-state index contributed by atoms with van der Waals surface area (Å²) in [4.78, 5) is 15.3. The molecular formula is C19H16ClF4N3O. The van der Waals surface area contributed by atoms with Crippen LogP contribution < -0.4 is 10.9 Å². The molecule has 2 aromatic rings. The van der Waals surface area contributed by atoms with Crippen molar-refractivity contribution in [1.82, 2.24) is 9.55 Å². The second-order valence-corrected chi connectivity index (χ2v) is 7.13. The van der Waals surface area contributed by atoms with Crippen LogP contribution in [0.5, 0.6) is 0 Å². The van der Waals surface area contributed by atoms with Gasteiger partial charge in [-0.15, -0.1) is 0 Å². The zero-order valence-corrected chi connectivity index (χ0v) is 15.7. The highest BCUT2D eigenvalue weighted by molar-refractivity contribution is 6.30. The molecule has 2 atom stereocenters. The van der Waals surface area contributed by atoms with Crippen LogP contribution in [0.4, 0.5) is 29.2 Å². The van der Waals surface area contributed by atoms with Crippen molar-refractivity contribution in [2.45, 2.75) is 32.2 Å². The molecule has 2 unspecified atom stereocenters. The van der Waals surface area contributed by atoms with Crippen LogP contribution in [-0.2, 0) is 6.54 Å². The molecule has 0 aliphatic heterocycles. The van der Waals surface area contributed by atoms with Gasteiger partial charge in [0.15, 0.2) is 11.8 Å². The van der Waals surface area contributed by atoms with E-state index in [0.29, 0.717) is 10.7 Å². The lowest BCUT2D eigenvalue weighted by Gasteiger charge is -2.25. The summed E-state index contributed by atoms with van der Waals surface area (Å²) in [6.07, 6.45) is 0.231. The topological polar surface area (TPSA) is 46.9 Å². The number of alkyl halides is 2. The lowest BCUT2D eigenvalue weighted by molar-refractivity contribution is 0.116. The summed E-state index contributed by atoms with van der Waals surface area (Å²) >= 11 is 5.91. The standard InChI is InChI=1S/C19H16ClF4N3O/c1-10-5-12(20)3-4-15(10)25-18-26-17(28)14(22)9-27(18)8-11-6-13(21)16(23)19(2,24)7-11/h3-7,9,16H,8H2,1-2H3,(H,25,26,28). The molecule has 148 valence electrons. The van der Waals surface area contributed by atoms with Crippen molar-refractivity contribution in [1.29, 1.82) is 0 Å². The van der Waals surface area contributed by atoms with Gasteiger partial charge in [0.25, 0.3) is 0 Å². The zero-order valence-electron chi connectivity index (χ0n) is 14.9. The number of anilines is 2. The third kappa shape index (κ3) is 4.11. The second kappa shape index (κ2) is 7.43. The van der Waals surface area contributed by atoms with Crippen LogP contribution in [0.3, 0.4) is 0 Å². The lowest BCUT2D eigenvalue weighted by Crippen LogP contribution is -2.33. The van der Waals surface area contributed by atoms with Crippen LogP contribution in [-0.4, -0.2) is 21.4 Å². The summed E-state index contributed by atoms with van der Waals surface area (Å²) in [7, 11) is 0. The van der Waals surface area contributed by atoms with Gasteiger partial charge in [-0.25, -0.2) is 13.2 Å². The fourth-order valence-corrected chi connectivity index (χ4v) is 3.09. The predicted octanol–water partition coefficient (Wildman–Crippen LogP) is 4.95. The molecule has 0 bridgehead atoms. The first-order chi connectivity index (χ1) is 13.1. The molecule has 1 aromatic heterocycles. The van der Waals surface area contributed by atoms with Crippen LogP contribution in [0, 0.1) is 12.7 Å². The molecule has 1 aliphatic rings. The Kier molecular flexibility index (Phi) is 5.34. The largest absolute Gasteiger partial charge is 0.325 e. The van der Waals surface area contributed by atoms with E-state index >= 15 is 0 Å². The van der Waals surface area contributed by atoms with Crippen molar-refractivity contribution < 1.29 is 17.6 Å². The summed E-state index contributed by atoms with van der Waals surface area (Å²) in [5, 5.41) is 3.39. The van der Waals surface area contributed by atoms with Crippen LogP contribution in [0.2, 0.25) is 5.02 Å². The summed E-state index contributed by atoms with van der Waals surface area (Å²) in [5.41, 5.74) is -2.28. The molecule has 0 amide bonds. The SMILES string of the molecule is Cc1cc(Cl)ccc1Nc1nc(=O)c(F)cn1CC1=CC(C)(F)C(F)C(F)=C1. The number of nitrogens with one attached hydrogen (secondary N) is 1. The molecule has 1 aromatic carbocycles. The Labute approximate surface area is 163 Å². The van der Waals surface area contributed by atoms with Gasteiger partial charge in [-0.3, -0.25) is 4.79 Å². The summed E-state index contributed by atoms with van der Waals surface area (Å²) in [6.45, 7) is 2.43. The molecule has 0 spiro atoms. The Bertz CT molecular complexity index is 1050. The highest BCUT2D eigenvalue weighted by Gasteiger charge is 2.39. The minimum atomic E-state index is -2.54. The molecule has 3 rings (SSSR count). The van der Waals surface area contributed by atoms with Gasteiger partial charge in [-0.05, 0) is 55.3 Å². The summed E-state index contributed by atoms with van der Waals surface area (Å²) < 4.78 is 56.6. The van der Waals surface area contributed by atoms with Gasteiger partial charge in [0.05, 0.1) is 6.54 Å². The number of nitrogens with zero attached hydrogens (tertiary/aromatic N) is 2. The fourth-order valence-electron chi connectivity index (χ4n) is 2.86. The number of aromatic nitrogens is 2. The molecule has 0 fully saturated rings. The van der Waals surface area contributed by atoms with Gasteiger partial charge in [-0.2, -0.15) is 9.37 Å². The van der Waals surface area contributed by atoms with E-state index in [1.807, 2.05) is 0 Å². The minimum Gasteiger partial charge on any atom is -0.325 e. The third-order valence-electron chi connectivity index (χ3n) is 4.27. The van der Waals surface area contributed by atoms with E-state index in [9.17, 15) is 22.4 Å². The van der Waals surface area contributed by atoms with Gasteiger partial charge < -0.3 is 9.88 Å². The molecule has 0 radical (unpaired) electrons. The Balaban J connectivity index is 2.00. The van der Waals surface area contributed by atoms with Gasteiger partial charge >= 0.3 is 5.56 Å². The Morgan fingerprint density at radius 2 is 2.07 bits per heavy atom. The van der Waals surface area contributed by atoms with E-state index in [1.54, 1.807) is 25.1 Å². The first-order valence-corrected chi connectivity index (χ1v) is 8.66. The smallest absolute Gasteiger partial charge is 0.310 e. The molecule has 4 nitrogen and oxygen atoms in total. The maximum absolute atomic E-state index is 14.2. The molecule has 9 heteroatoms. The number of hydrogen-bond acceptors (Lipinski definition) is 3. The van der Waals surface area contributed by atoms with Gasteiger partial charge in [0.2, 0.25) is 11.8 Å². The Morgan fingerprint density at radius 3 is 2.71 bits per heavy atom. The van der Waals surface area contributed by atoms with E-state index in [2.05, 4.69) is 10.3 Å². The highest BCUT2D eigenvalue weighted by atomic mass is 35.5. The maximum Gasteiger partial charge on any atom is 0.310 e. The zero-order chi connectivity index (χ0) is 20.6. The van der Waals surface area contributed by atoms with Crippen molar-refractivity contribution in [2.75, 3.05) is 5.32 Å². The number of halogens is 5. The van der Waals surface area contributed by atoms with E-state index in [1.165, 1.54) is 4.57 Å². The van der Waals surface area contributed by atoms with Crippen molar-refractivity contribution in [3.8, 4) is 0 Å². The Morgan fingerprint density at radius 1 is 1.36 bits per heavy atom. The molecule has 0 saturated carbocycles. The number of rotatable bonds is 4. The van der Waals surface area contributed by atoms with Crippen LogP contribution in [0.25, 0.3) is 0 Å². The number of allylic oxidation sites excluding steroid dienone is 4. The summed E-state index contributed by atoms with van der Waals surface area (Å²) in [6, 6.07) is 4.93. The van der Waals surface area contributed by atoms with Crippen molar-refractivity contribution in [3.63, 3.8) is 0 Å². The third-order valence-corrected chi connectivity index (χ3v) is 4.50. The van der Waals surface area contributed by atoms with Gasteiger partial charge in [0, 0.05) is 16.9 Å². The van der Waals surface area contributed by atoms with E-state index in [-0.39, 0.29) is 18.1 Å². The molecule has 1 aliphatic carbocycles.